The first-order valence-electron chi connectivity index (χ1n) is 9.64. The van der Waals surface area contributed by atoms with Gasteiger partial charge in [-0.3, -0.25) is 9.10 Å². The second-order valence-corrected chi connectivity index (χ2v) is 9.55. The molecule has 7 heteroatoms. The summed E-state index contributed by atoms with van der Waals surface area (Å²) >= 11 is 5.95. The molecule has 4 rings (SSSR count). The number of rotatable bonds is 4. The number of nitrogens with zero attached hydrogens (tertiary/aromatic N) is 1. The largest absolute Gasteiger partial charge is 0.322 e. The Morgan fingerprint density at radius 3 is 2.50 bits per heavy atom. The second kappa shape index (κ2) is 8.13. The lowest BCUT2D eigenvalue weighted by Crippen LogP contribution is -2.35. The van der Waals surface area contributed by atoms with Gasteiger partial charge >= 0.3 is 0 Å². The van der Waals surface area contributed by atoms with E-state index in [-0.39, 0.29) is 10.8 Å². The Morgan fingerprint density at radius 2 is 1.77 bits per heavy atom. The molecule has 0 unspecified atom stereocenters. The second-order valence-electron chi connectivity index (χ2n) is 7.25. The third-order valence-corrected chi connectivity index (χ3v) is 7.27. The van der Waals surface area contributed by atoms with Gasteiger partial charge in [-0.2, -0.15) is 0 Å². The van der Waals surface area contributed by atoms with Crippen LogP contribution >= 0.6 is 11.6 Å². The van der Waals surface area contributed by atoms with Gasteiger partial charge in [-0.1, -0.05) is 29.8 Å². The Hall–Kier alpha value is -2.83. The lowest BCUT2D eigenvalue weighted by molar-refractivity contribution is 0.102. The van der Waals surface area contributed by atoms with Crippen molar-refractivity contribution < 1.29 is 13.2 Å². The third kappa shape index (κ3) is 3.93. The molecule has 0 bridgehead atoms. The van der Waals surface area contributed by atoms with Crippen LogP contribution in [0.5, 0.6) is 0 Å². The average Bonchev–Trinajstić information content (AvgIpc) is 2.75. The maximum atomic E-state index is 13.2. The fraction of sp³-hybridized carbons (Fsp3) is 0.174. The summed E-state index contributed by atoms with van der Waals surface area (Å²) in [6.07, 6.45) is 1.64. The van der Waals surface area contributed by atoms with Gasteiger partial charge < -0.3 is 5.32 Å². The Bertz CT molecular complexity index is 1210. The molecule has 0 fully saturated rings. The highest BCUT2D eigenvalue weighted by Crippen LogP contribution is 2.31. The normalized spacial score (nSPS) is 13.6. The number of nitrogens with one attached hydrogen (secondary N) is 1. The van der Waals surface area contributed by atoms with Crippen LogP contribution in [0.25, 0.3) is 0 Å². The molecular weight excluding hydrogens is 420 g/mol. The minimum atomic E-state index is -3.70. The summed E-state index contributed by atoms with van der Waals surface area (Å²) in [5, 5.41) is 3.43. The van der Waals surface area contributed by atoms with E-state index in [2.05, 4.69) is 5.32 Å². The summed E-state index contributed by atoms with van der Waals surface area (Å²) in [6.45, 7) is 2.30. The van der Waals surface area contributed by atoms with E-state index in [0.29, 0.717) is 22.8 Å². The SMILES string of the molecule is Cc1cc(Cl)ccc1NC(=O)c1ccc(S(=O)(=O)N2CCCc3ccccc32)cc1. The molecule has 1 aliphatic heterocycles. The maximum absolute atomic E-state index is 13.2. The summed E-state index contributed by atoms with van der Waals surface area (Å²) < 4.78 is 27.9. The van der Waals surface area contributed by atoms with Gasteiger partial charge in [0.1, 0.15) is 0 Å². The molecule has 1 heterocycles. The number of halogens is 1. The van der Waals surface area contributed by atoms with Crippen LogP contribution in [0.2, 0.25) is 5.02 Å². The Balaban J connectivity index is 1.57. The highest BCUT2D eigenvalue weighted by atomic mass is 35.5. The summed E-state index contributed by atoms with van der Waals surface area (Å²) in [5.74, 6) is -0.312. The van der Waals surface area contributed by atoms with Gasteiger partial charge in [-0.05, 0) is 79.4 Å². The van der Waals surface area contributed by atoms with E-state index in [1.165, 1.54) is 28.6 Å². The standard InChI is InChI=1S/C23H21ClN2O3S/c1-16-15-19(24)10-13-21(16)25-23(27)18-8-11-20(12-9-18)30(28,29)26-14-4-6-17-5-2-3-7-22(17)26/h2-3,5,7-13,15H,4,6,14H2,1H3,(H,25,27). The van der Waals surface area contributed by atoms with Crippen molar-refractivity contribution in [3.8, 4) is 0 Å². The van der Waals surface area contributed by atoms with Crippen LogP contribution in [0.1, 0.15) is 27.9 Å². The van der Waals surface area contributed by atoms with Crippen molar-refractivity contribution in [3.05, 3.63) is 88.4 Å². The number of anilines is 2. The van der Waals surface area contributed by atoms with E-state index >= 15 is 0 Å². The van der Waals surface area contributed by atoms with E-state index < -0.39 is 10.0 Å². The molecule has 3 aromatic rings. The fourth-order valence-corrected chi connectivity index (χ4v) is 5.38. The molecule has 0 spiro atoms. The minimum Gasteiger partial charge on any atom is -0.322 e. The summed E-state index contributed by atoms with van der Waals surface area (Å²) in [7, 11) is -3.70. The number of benzene rings is 3. The minimum absolute atomic E-state index is 0.165. The Morgan fingerprint density at radius 1 is 1.03 bits per heavy atom. The van der Waals surface area contributed by atoms with Crippen molar-refractivity contribution in [2.45, 2.75) is 24.7 Å². The monoisotopic (exact) mass is 440 g/mol. The van der Waals surface area contributed by atoms with Gasteiger partial charge in [0.15, 0.2) is 0 Å². The molecule has 0 atom stereocenters. The molecular formula is C23H21ClN2O3S. The van der Waals surface area contributed by atoms with Crippen LogP contribution in [0.3, 0.4) is 0 Å². The molecule has 0 saturated carbocycles. The molecule has 1 aliphatic rings. The number of amides is 1. The van der Waals surface area contributed by atoms with E-state index in [1.54, 1.807) is 18.2 Å². The van der Waals surface area contributed by atoms with E-state index in [0.717, 1.165) is 29.7 Å². The van der Waals surface area contributed by atoms with Crippen LogP contribution in [-0.4, -0.2) is 20.9 Å². The molecule has 154 valence electrons. The zero-order valence-corrected chi connectivity index (χ0v) is 18.0. The number of hydrogen-bond donors (Lipinski definition) is 1. The number of fused-ring (bicyclic) bond motifs is 1. The van der Waals surface area contributed by atoms with Crippen LogP contribution in [0.4, 0.5) is 11.4 Å². The predicted molar refractivity (Wildman–Crippen MR) is 120 cm³/mol. The van der Waals surface area contributed by atoms with Crippen LogP contribution in [0.15, 0.2) is 71.6 Å². The van der Waals surface area contributed by atoms with Crippen molar-refractivity contribution in [1.29, 1.82) is 0 Å². The first-order valence-corrected chi connectivity index (χ1v) is 11.5. The summed E-state index contributed by atoms with van der Waals surface area (Å²) in [4.78, 5) is 12.7. The number of sulfonamides is 1. The number of aryl methyl sites for hydroxylation is 2. The smallest absolute Gasteiger partial charge is 0.264 e. The van der Waals surface area contributed by atoms with Gasteiger partial charge in [0.05, 0.1) is 10.6 Å². The van der Waals surface area contributed by atoms with E-state index in [9.17, 15) is 13.2 Å². The zero-order valence-electron chi connectivity index (χ0n) is 16.4. The first-order chi connectivity index (χ1) is 14.4. The maximum Gasteiger partial charge on any atom is 0.264 e. The van der Waals surface area contributed by atoms with Gasteiger partial charge in [-0.25, -0.2) is 8.42 Å². The molecule has 3 aromatic carbocycles. The lowest BCUT2D eigenvalue weighted by atomic mass is 10.0. The molecule has 0 aliphatic carbocycles. The fourth-order valence-electron chi connectivity index (χ4n) is 3.62. The summed E-state index contributed by atoms with van der Waals surface area (Å²) in [6, 6.07) is 18.8. The predicted octanol–water partition coefficient (Wildman–Crippen LogP) is 5.04. The number of carbonyl (C=O) groups is 1. The topological polar surface area (TPSA) is 66.5 Å². The van der Waals surface area contributed by atoms with Crippen molar-refractivity contribution in [2.24, 2.45) is 0 Å². The van der Waals surface area contributed by atoms with E-state index in [4.69, 9.17) is 11.6 Å². The van der Waals surface area contributed by atoms with Crippen LogP contribution in [0, 0.1) is 6.92 Å². The quantitative estimate of drug-likeness (QED) is 0.617. The van der Waals surface area contributed by atoms with Crippen LogP contribution in [-0.2, 0) is 16.4 Å². The highest BCUT2D eigenvalue weighted by Gasteiger charge is 2.28. The van der Waals surface area contributed by atoms with Crippen molar-refractivity contribution in [1.82, 2.24) is 0 Å². The zero-order chi connectivity index (χ0) is 21.3. The number of para-hydroxylation sites is 1. The molecule has 30 heavy (non-hydrogen) atoms. The Kier molecular flexibility index (Phi) is 5.54. The molecule has 1 amide bonds. The van der Waals surface area contributed by atoms with Gasteiger partial charge in [-0.15, -0.1) is 0 Å². The molecule has 0 aromatic heterocycles. The average molecular weight is 441 g/mol. The highest BCUT2D eigenvalue weighted by molar-refractivity contribution is 7.92. The third-order valence-electron chi connectivity index (χ3n) is 5.21. The first kappa shape index (κ1) is 20.4. The summed E-state index contributed by atoms with van der Waals surface area (Å²) in [5.41, 5.74) is 3.64. The van der Waals surface area contributed by atoms with Crippen molar-refractivity contribution in [3.63, 3.8) is 0 Å². The van der Waals surface area contributed by atoms with E-state index in [1.807, 2.05) is 31.2 Å². The molecule has 0 saturated heterocycles. The molecule has 1 N–H and O–H groups in total. The molecule has 0 radical (unpaired) electrons. The Labute approximate surface area is 181 Å². The van der Waals surface area contributed by atoms with Crippen molar-refractivity contribution >= 4 is 38.9 Å². The number of carbonyl (C=O) groups excluding carboxylic acids is 1. The van der Waals surface area contributed by atoms with Gasteiger partial charge in [0, 0.05) is 22.8 Å². The lowest BCUT2D eigenvalue weighted by Gasteiger charge is -2.30. The van der Waals surface area contributed by atoms with Gasteiger partial charge in [0.25, 0.3) is 15.9 Å². The molecule has 5 nitrogen and oxygen atoms in total. The number of hydrogen-bond acceptors (Lipinski definition) is 3. The van der Waals surface area contributed by atoms with Crippen LogP contribution < -0.4 is 9.62 Å². The van der Waals surface area contributed by atoms with Gasteiger partial charge in [0.2, 0.25) is 0 Å². The van der Waals surface area contributed by atoms with Crippen molar-refractivity contribution in [2.75, 3.05) is 16.2 Å².